The van der Waals surface area contributed by atoms with Crippen molar-refractivity contribution >= 4 is 23.7 Å². The predicted octanol–water partition coefficient (Wildman–Crippen LogP) is 2.21. The Hall–Kier alpha value is -1.68. The second-order valence-electron chi connectivity index (χ2n) is 5.46. The molecular formula is C16H22N2O4S. The largest absolute Gasteiger partial charge is 0.465 e. The van der Waals surface area contributed by atoms with Gasteiger partial charge in [0.25, 0.3) is 0 Å². The first-order chi connectivity index (χ1) is 11.1. The SMILES string of the molecule is CCOC(=O)C1(C(=O)OCC)CCC(C#N)=C(N2CCCC2)S1. The molecule has 0 spiro atoms. The van der Waals surface area contributed by atoms with Crippen LogP contribution in [0.3, 0.4) is 0 Å². The first kappa shape index (κ1) is 17.7. The highest BCUT2D eigenvalue weighted by atomic mass is 32.2. The maximum absolute atomic E-state index is 12.5. The van der Waals surface area contributed by atoms with Crippen LogP contribution < -0.4 is 0 Å². The molecule has 2 aliphatic heterocycles. The average Bonchev–Trinajstić information content (AvgIpc) is 3.09. The lowest BCUT2D eigenvalue weighted by atomic mass is 9.98. The van der Waals surface area contributed by atoms with Crippen molar-refractivity contribution in [2.45, 2.75) is 44.3 Å². The molecule has 0 amide bonds. The molecule has 7 heteroatoms. The van der Waals surface area contributed by atoms with Crippen molar-refractivity contribution in [3.63, 3.8) is 0 Å². The Labute approximate surface area is 140 Å². The first-order valence-electron chi connectivity index (χ1n) is 8.00. The van der Waals surface area contributed by atoms with Crippen molar-refractivity contribution in [1.29, 1.82) is 5.26 Å². The average molecular weight is 338 g/mol. The lowest BCUT2D eigenvalue weighted by Crippen LogP contribution is -2.48. The van der Waals surface area contributed by atoms with E-state index >= 15 is 0 Å². The smallest absolute Gasteiger partial charge is 0.334 e. The zero-order chi connectivity index (χ0) is 16.9. The molecule has 0 aromatic heterocycles. The van der Waals surface area contributed by atoms with Crippen molar-refractivity contribution in [2.24, 2.45) is 0 Å². The molecule has 2 rings (SSSR count). The Morgan fingerprint density at radius 1 is 1.22 bits per heavy atom. The molecular weight excluding hydrogens is 316 g/mol. The summed E-state index contributed by atoms with van der Waals surface area (Å²) in [6.45, 7) is 5.51. The Balaban J connectivity index is 2.37. The van der Waals surface area contributed by atoms with Gasteiger partial charge in [-0.3, -0.25) is 0 Å². The number of nitrogens with zero attached hydrogens (tertiary/aromatic N) is 2. The van der Waals surface area contributed by atoms with Crippen molar-refractivity contribution in [2.75, 3.05) is 26.3 Å². The number of hydrogen-bond donors (Lipinski definition) is 0. The van der Waals surface area contributed by atoms with Gasteiger partial charge in [-0.25, -0.2) is 9.59 Å². The highest BCUT2D eigenvalue weighted by molar-refractivity contribution is 8.05. The van der Waals surface area contributed by atoms with Gasteiger partial charge in [-0.15, -0.1) is 0 Å². The van der Waals surface area contributed by atoms with Gasteiger partial charge in [0.2, 0.25) is 4.75 Å². The number of hydrogen-bond acceptors (Lipinski definition) is 7. The summed E-state index contributed by atoms with van der Waals surface area (Å²) in [5, 5.41) is 10.1. The van der Waals surface area contributed by atoms with Gasteiger partial charge in [0.15, 0.2) is 0 Å². The Morgan fingerprint density at radius 3 is 2.26 bits per heavy atom. The number of likely N-dealkylation sites (tertiary alicyclic amines) is 1. The minimum absolute atomic E-state index is 0.203. The molecule has 2 heterocycles. The number of esters is 2. The molecule has 0 unspecified atom stereocenters. The Bertz CT molecular complexity index is 529. The van der Waals surface area contributed by atoms with E-state index in [0.717, 1.165) is 42.7 Å². The van der Waals surface area contributed by atoms with E-state index in [0.29, 0.717) is 12.0 Å². The summed E-state index contributed by atoms with van der Waals surface area (Å²) in [6.07, 6.45) is 2.71. The maximum Gasteiger partial charge on any atom is 0.334 e. The van der Waals surface area contributed by atoms with E-state index in [4.69, 9.17) is 9.47 Å². The van der Waals surface area contributed by atoms with Gasteiger partial charge in [0.05, 0.1) is 29.9 Å². The Morgan fingerprint density at radius 2 is 1.78 bits per heavy atom. The van der Waals surface area contributed by atoms with Crippen LogP contribution in [0.4, 0.5) is 0 Å². The number of carbonyl (C=O) groups is 2. The molecule has 0 N–H and O–H groups in total. The highest BCUT2D eigenvalue weighted by Gasteiger charge is 2.53. The molecule has 0 saturated carbocycles. The normalized spacial score (nSPS) is 20.1. The van der Waals surface area contributed by atoms with Gasteiger partial charge in [-0.2, -0.15) is 5.26 Å². The van der Waals surface area contributed by atoms with Crippen LogP contribution in [-0.2, 0) is 19.1 Å². The molecule has 0 radical (unpaired) electrons. The van der Waals surface area contributed by atoms with Gasteiger partial charge in [-0.1, -0.05) is 11.8 Å². The van der Waals surface area contributed by atoms with Crippen LogP contribution in [0.5, 0.6) is 0 Å². The number of rotatable bonds is 5. The minimum atomic E-state index is -1.40. The summed E-state index contributed by atoms with van der Waals surface area (Å²) in [4.78, 5) is 27.1. The number of thioether (sulfide) groups is 1. The lowest BCUT2D eigenvalue weighted by molar-refractivity contribution is -0.159. The lowest BCUT2D eigenvalue weighted by Gasteiger charge is -2.36. The van der Waals surface area contributed by atoms with Gasteiger partial charge in [-0.05, 0) is 39.5 Å². The van der Waals surface area contributed by atoms with Crippen LogP contribution in [0.15, 0.2) is 10.6 Å². The van der Waals surface area contributed by atoms with E-state index in [2.05, 4.69) is 11.0 Å². The second-order valence-corrected chi connectivity index (χ2v) is 6.75. The molecule has 0 aromatic carbocycles. The minimum Gasteiger partial charge on any atom is -0.465 e. The third kappa shape index (κ3) is 3.47. The fourth-order valence-corrected chi connectivity index (χ4v) is 4.23. The zero-order valence-electron chi connectivity index (χ0n) is 13.6. The summed E-state index contributed by atoms with van der Waals surface area (Å²) in [7, 11) is 0. The summed E-state index contributed by atoms with van der Waals surface area (Å²) < 4.78 is 8.90. The molecule has 126 valence electrons. The third-order valence-electron chi connectivity index (χ3n) is 3.99. The molecule has 1 fully saturated rings. The summed E-state index contributed by atoms with van der Waals surface area (Å²) in [6, 6.07) is 2.22. The topological polar surface area (TPSA) is 79.6 Å². The molecule has 6 nitrogen and oxygen atoms in total. The fraction of sp³-hybridized carbons (Fsp3) is 0.688. The standard InChI is InChI=1S/C16H22N2O4S/c1-3-21-14(19)16(15(20)22-4-2)8-7-12(11-17)13(23-16)18-9-5-6-10-18/h3-10H2,1-2H3. The Kier molecular flexibility index (Phi) is 5.94. The monoisotopic (exact) mass is 338 g/mol. The van der Waals surface area contributed by atoms with Gasteiger partial charge >= 0.3 is 11.9 Å². The van der Waals surface area contributed by atoms with Gasteiger partial charge in [0.1, 0.15) is 0 Å². The van der Waals surface area contributed by atoms with Crippen LogP contribution in [0, 0.1) is 11.3 Å². The van der Waals surface area contributed by atoms with Crippen molar-refractivity contribution in [1.82, 2.24) is 4.90 Å². The molecule has 2 aliphatic rings. The zero-order valence-corrected chi connectivity index (χ0v) is 14.4. The van der Waals surface area contributed by atoms with Crippen LogP contribution >= 0.6 is 11.8 Å². The van der Waals surface area contributed by atoms with E-state index in [-0.39, 0.29) is 19.6 Å². The van der Waals surface area contributed by atoms with E-state index in [9.17, 15) is 14.9 Å². The molecule has 0 aliphatic carbocycles. The van der Waals surface area contributed by atoms with Crippen molar-refractivity contribution in [3.8, 4) is 6.07 Å². The van der Waals surface area contributed by atoms with E-state index < -0.39 is 16.7 Å². The maximum atomic E-state index is 12.5. The summed E-state index contributed by atoms with van der Waals surface area (Å²) in [5.74, 6) is -1.14. The van der Waals surface area contributed by atoms with Crippen LogP contribution in [0.25, 0.3) is 0 Å². The van der Waals surface area contributed by atoms with Gasteiger partial charge < -0.3 is 14.4 Å². The number of allylic oxidation sites excluding steroid dienone is 1. The number of carbonyl (C=O) groups excluding carboxylic acids is 2. The molecule has 1 saturated heterocycles. The second kappa shape index (κ2) is 7.73. The molecule has 23 heavy (non-hydrogen) atoms. The fourth-order valence-electron chi connectivity index (χ4n) is 2.83. The van der Waals surface area contributed by atoms with Crippen LogP contribution in [0.1, 0.15) is 39.5 Å². The van der Waals surface area contributed by atoms with Crippen LogP contribution in [-0.4, -0.2) is 47.9 Å². The number of nitriles is 1. The van der Waals surface area contributed by atoms with E-state index in [1.807, 2.05) is 0 Å². The van der Waals surface area contributed by atoms with E-state index in [1.165, 1.54) is 0 Å². The van der Waals surface area contributed by atoms with Crippen molar-refractivity contribution < 1.29 is 19.1 Å². The molecule has 0 aromatic rings. The highest BCUT2D eigenvalue weighted by Crippen LogP contribution is 2.47. The molecule has 0 atom stereocenters. The molecule has 0 bridgehead atoms. The third-order valence-corrected chi connectivity index (χ3v) is 5.58. The van der Waals surface area contributed by atoms with Crippen LogP contribution in [0.2, 0.25) is 0 Å². The first-order valence-corrected chi connectivity index (χ1v) is 8.82. The quantitative estimate of drug-likeness (QED) is 0.561. The summed E-state index contributed by atoms with van der Waals surface area (Å²) >= 11 is 1.14. The van der Waals surface area contributed by atoms with E-state index in [1.54, 1.807) is 13.8 Å². The number of ether oxygens (including phenoxy) is 2. The summed E-state index contributed by atoms with van der Waals surface area (Å²) in [5.41, 5.74) is 0.640. The van der Waals surface area contributed by atoms with Gasteiger partial charge in [0, 0.05) is 13.1 Å². The van der Waals surface area contributed by atoms with Crippen molar-refractivity contribution in [3.05, 3.63) is 10.6 Å². The predicted molar refractivity (Wildman–Crippen MR) is 86.3 cm³/mol.